The van der Waals surface area contributed by atoms with Crippen LogP contribution in [-0.4, -0.2) is 50.7 Å². The van der Waals surface area contributed by atoms with Crippen molar-refractivity contribution in [1.29, 1.82) is 0 Å². The Hall–Kier alpha value is -2.41. The molecule has 6 heteroatoms. The summed E-state index contributed by atoms with van der Waals surface area (Å²) in [4.78, 5) is 4.71. The minimum atomic E-state index is -0.799. The van der Waals surface area contributed by atoms with Crippen LogP contribution in [0.1, 0.15) is 0 Å². The smallest absolute Gasteiger partial charge is 0.141 e. The first-order valence-corrected chi connectivity index (χ1v) is 7.92. The first-order chi connectivity index (χ1) is 11.7. The van der Waals surface area contributed by atoms with E-state index in [-0.39, 0.29) is 19.8 Å². The number of anilines is 1. The molecule has 1 heterocycles. The lowest BCUT2D eigenvalue weighted by atomic mass is 10.2. The van der Waals surface area contributed by atoms with E-state index in [1.54, 1.807) is 0 Å². The number of rotatable bonds is 7. The molecule has 126 valence electrons. The lowest BCUT2D eigenvalue weighted by molar-refractivity contribution is 0.105. The summed E-state index contributed by atoms with van der Waals surface area (Å²) in [6, 6.07) is 15.6. The molecule has 0 aliphatic carbocycles. The van der Waals surface area contributed by atoms with Crippen LogP contribution in [0.25, 0.3) is 22.4 Å². The van der Waals surface area contributed by atoms with Gasteiger partial charge < -0.3 is 25.2 Å². The number of hydrogen-bond donors (Lipinski definition) is 4. The maximum absolute atomic E-state index is 9.44. The highest BCUT2D eigenvalue weighted by molar-refractivity contribution is 5.83. The Morgan fingerprint density at radius 2 is 1.88 bits per heavy atom. The lowest BCUT2D eigenvalue weighted by Gasteiger charge is -2.10. The molecule has 0 aliphatic heterocycles. The Kier molecular flexibility index (Phi) is 5.10. The van der Waals surface area contributed by atoms with E-state index >= 15 is 0 Å². The van der Waals surface area contributed by atoms with Gasteiger partial charge in [0.1, 0.15) is 5.82 Å². The van der Waals surface area contributed by atoms with Crippen molar-refractivity contribution in [3.8, 4) is 11.4 Å². The van der Waals surface area contributed by atoms with Gasteiger partial charge in [-0.2, -0.15) is 0 Å². The second-order valence-corrected chi connectivity index (χ2v) is 5.60. The van der Waals surface area contributed by atoms with Crippen LogP contribution in [0, 0.1) is 0 Å². The zero-order chi connectivity index (χ0) is 16.9. The van der Waals surface area contributed by atoms with Gasteiger partial charge in [-0.25, -0.2) is 4.98 Å². The quantitative estimate of drug-likeness (QED) is 0.527. The van der Waals surface area contributed by atoms with Gasteiger partial charge >= 0.3 is 0 Å². The Labute approximate surface area is 140 Å². The van der Waals surface area contributed by atoms with Gasteiger partial charge in [0.15, 0.2) is 0 Å². The fourth-order valence-corrected chi connectivity index (χ4v) is 2.67. The minimum Gasteiger partial charge on any atom is -0.395 e. The third kappa shape index (κ3) is 3.41. The Balaban J connectivity index is 1.98. The molecule has 1 atom stereocenters. The molecule has 0 saturated heterocycles. The molecule has 0 radical (unpaired) electrons. The summed E-state index contributed by atoms with van der Waals surface area (Å²) < 4.78 is 2.00. The van der Waals surface area contributed by atoms with E-state index in [9.17, 15) is 10.2 Å². The number of imidazole rings is 1. The molecule has 0 amide bonds. The summed E-state index contributed by atoms with van der Waals surface area (Å²) in [5, 5.41) is 30.8. The number of nitrogens with one attached hydrogen (secondary N) is 1. The number of aromatic nitrogens is 2. The summed E-state index contributed by atoms with van der Waals surface area (Å²) >= 11 is 0. The van der Waals surface area contributed by atoms with Gasteiger partial charge in [0.25, 0.3) is 0 Å². The normalized spacial score (nSPS) is 12.5. The number of aliphatic hydroxyl groups is 3. The predicted molar refractivity (Wildman–Crippen MR) is 93.8 cm³/mol. The van der Waals surface area contributed by atoms with Crippen LogP contribution in [0.2, 0.25) is 0 Å². The van der Waals surface area contributed by atoms with Gasteiger partial charge in [-0.15, -0.1) is 0 Å². The topological polar surface area (TPSA) is 90.5 Å². The molecule has 2 aromatic carbocycles. The van der Waals surface area contributed by atoms with Crippen molar-refractivity contribution in [2.24, 2.45) is 0 Å². The lowest BCUT2D eigenvalue weighted by Crippen LogP contribution is -2.22. The molecule has 1 aromatic heterocycles. The highest BCUT2D eigenvalue weighted by Crippen LogP contribution is 2.26. The van der Waals surface area contributed by atoms with Crippen LogP contribution in [-0.2, 0) is 6.54 Å². The zero-order valence-corrected chi connectivity index (χ0v) is 13.3. The predicted octanol–water partition coefficient (Wildman–Crippen LogP) is 1.46. The summed E-state index contributed by atoms with van der Waals surface area (Å²) in [7, 11) is 0. The maximum atomic E-state index is 9.44. The van der Waals surface area contributed by atoms with Gasteiger partial charge in [-0.1, -0.05) is 30.3 Å². The molecular formula is C18H21N3O3. The molecule has 0 bridgehead atoms. The molecule has 6 nitrogen and oxygen atoms in total. The second kappa shape index (κ2) is 7.44. The number of nitrogens with zero attached hydrogens (tertiary/aromatic N) is 2. The number of benzene rings is 2. The Morgan fingerprint density at radius 1 is 1.08 bits per heavy atom. The number of hydrogen-bond acceptors (Lipinski definition) is 5. The summed E-state index contributed by atoms with van der Waals surface area (Å²) in [6.07, 6.45) is -0.799. The minimum absolute atomic E-state index is 0.0357. The van der Waals surface area contributed by atoms with E-state index in [1.807, 2.05) is 53.1 Å². The van der Waals surface area contributed by atoms with Gasteiger partial charge in [-0.3, -0.25) is 0 Å². The average molecular weight is 327 g/mol. The highest BCUT2D eigenvalue weighted by atomic mass is 16.3. The van der Waals surface area contributed by atoms with Crippen molar-refractivity contribution >= 4 is 16.7 Å². The summed E-state index contributed by atoms with van der Waals surface area (Å²) in [6.45, 7) is 0.494. The van der Waals surface area contributed by atoms with E-state index in [0.29, 0.717) is 6.54 Å². The fraction of sp³-hybridized carbons (Fsp3) is 0.278. The van der Waals surface area contributed by atoms with Gasteiger partial charge in [0.05, 0.1) is 30.4 Å². The first kappa shape index (κ1) is 16.4. The van der Waals surface area contributed by atoms with Gasteiger partial charge in [0, 0.05) is 24.3 Å². The Morgan fingerprint density at radius 3 is 2.58 bits per heavy atom. The van der Waals surface area contributed by atoms with Crippen LogP contribution < -0.4 is 5.32 Å². The molecule has 0 fully saturated rings. The molecule has 4 N–H and O–H groups in total. The SMILES string of the molecule is OCCn1c(-c2ccccc2)nc2cc(NCC(O)CO)ccc21. The van der Waals surface area contributed by atoms with Crippen LogP contribution >= 0.6 is 0 Å². The van der Waals surface area contributed by atoms with Crippen molar-refractivity contribution in [3.05, 3.63) is 48.5 Å². The van der Waals surface area contributed by atoms with Crippen molar-refractivity contribution in [3.63, 3.8) is 0 Å². The van der Waals surface area contributed by atoms with E-state index in [1.165, 1.54) is 0 Å². The largest absolute Gasteiger partial charge is 0.395 e. The van der Waals surface area contributed by atoms with Gasteiger partial charge in [0.2, 0.25) is 0 Å². The zero-order valence-electron chi connectivity index (χ0n) is 13.3. The molecule has 0 saturated carbocycles. The highest BCUT2D eigenvalue weighted by Gasteiger charge is 2.13. The molecule has 3 rings (SSSR count). The van der Waals surface area contributed by atoms with Crippen LogP contribution in [0.5, 0.6) is 0 Å². The van der Waals surface area contributed by atoms with Crippen LogP contribution in [0.3, 0.4) is 0 Å². The third-order valence-corrected chi connectivity index (χ3v) is 3.86. The maximum Gasteiger partial charge on any atom is 0.141 e. The van der Waals surface area contributed by atoms with Crippen molar-refractivity contribution in [2.75, 3.05) is 25.1 Å². The van der Waals surface area contributed by atoms with Crippen LogP contribution in [0.4, 0.5) is 5.69 Å². The van der Waals surface area contributed by atoms with E-state index in [2.05, 4.69) is 5.32 Å². The van der Waals surface area contributed by atoms with E-state index < -0.39 is 6.10 Å². The monoisotopic (exact) mass is 327 g/mol. The van der Waals surface area contributed by atoms with Gasteiger partial charge in [-0.05, 0) is 18.2 Å². The summed E-state index contributed by atoms with van der Waals surface area (Å²) in [5.74, 6) is 0.812. The summed E-state index contributed by atoms with van der Waals surface area (Å²) in [5.41, 5.74) is 3.57. The molecular weight excluding hydrogens is 306 g/mol. The average Bonchev–Trinajstić information content (AvgIpc) is 2.98. The molecule has 0 spiro atoms. The van der Waals surface area contributed by atoms with Crippen molar-refractivity contribution in [2.45, 2.75) is 12.6 Å². The van der Waals surface area contributed by atoms with Crippen molar-refractivity contribution in [1.82, 2.24) is 9.55 Å². The fourth-order valence-electron chi connectivity index (χ4n) is 2.67. The third-order valence-electron chi connectivity index (χ3n) is 3.86. The van der Waals surface area contributed by atoms with Crippen LogP contribution in [0.15, 0.2) is 48.5 Å². The Bertz CT molecular complexity index is 802. The van der Waals surface area contributed by atoms with E-state index in [0.717, 1.165) is 28.1 Å². The molecule has 3 aromatic rings. The van der Waals surface area contributed by atoms with Crippen molar-refractivity contribution < 1.29 is 15.3 Å². The second-order valence-electron chi connectivity index (χ2n) is 5.60. The van der Waals surface area contributed by atoms with E-state index in [4.69, 9.17) is 10.1 Å². The molecule has 1 unspecified atom stereocenters. The number of aliphatic hydroxyl groups excluding tert-OH is 3. The first-order valence-electron chi connectivity index (χ1n) is 7.92. The molecule has 24 heavy (non-hydrogen) atoms. The molecule has 0 aliphatic rings. The number of fused-ring (bicyclic) bond motifs is 1. The standard InChI is InChI=1S/C18H21N3O3/c22-9-8-21-17-7-6-14(19-11-15(24)12-23)10-16(17)20-18(21)13-4-2-1-3-5-13/h1-7,10,15,19,22-24H,8-9,11-12H2.